The van der Waals surface area contributed by atoms with E-state index in [9.17, 15) is 13.2 Å². The van der Waals surface area contributed by atoms with E-state index >= 15 is 0 Å². The Labute approximate surface area is 174 Å². The van der Waals surface area contributed by atoms with Crippen molar-refractivity contribution in [3.8, 4) is 5.75 Å². The molecule has 0 spiro atoms. The van der Waals surface area contributed by atoms with Crippen molar-refractivity contribution < 1.29 is 17.4 Å². The monoisotopic (exact) mass is 419 g/mol. The van der Waals surface area contributed by atoms with E-state index in [0.717, 1.165) is 55.3 Å². The summed E-state index contributed by atoms with van der Waals surface area (Å²) in [4.78, 5) is 16.0. The van der Waals surface area contributed by atoms with Gasteiger partial charge in [-0.05, 0) is 87.3 Å². The summed E-state index contributed by atoms with van der Waals surface area (Å²) in [6, 6.07) is 7.24. The van der Waals surface area contributed by atoms with E-state index in [1.54, 1.807) is 12.1 Å². The van der Waals surface area contributed by atoms with Crippen molar-refractivity contribution in [2.45, 2.75) is 71.4 Å². The number of hydrogen-bond acceptors (Lipinski definition) is 4. The highest BCUT2D eigenvalue weighted by atomic mass is 32.2. The van der Waals surface area contributed by atoms with Gasteiger partial charge in [0.15, 0.2) is 0 Å². The molecule has 0 saturated heterocycles. The molecule has 1 aromatic rings. The molecule has 29 heavy (non-hydrogen) atoms. The maximum Gasteiger partial charge on any atom is 0.306 e. The zero-order chi connectivity index (χ0) is 20.8. The van der Waals surface area contributed by atoms with Gasteiger partial charge in [0, 0.05) is 12.6 Å². The highest BCUT2D eigenvalue weighted by Crippen LogP contribution is 2.60. The van der Waals surface area contributed by atoms with Gasteiger partial charge in [-0.15, -0.1) is 0 Å². The molecule has 4 saturated carbocycles. The van der Waals surface area contributed by atoms with Crippen LogP contribution in [0, 0.1) is 23.2 Å². The zero-order valence-corrected chi connectivity index (χ0v) is 18.6. The third-order valence-electron chi connectivity index (χ3n) is 7.40. The van der Waals surface area contributed by atoms with Gasteiger partial charge in [0.1, 0.15) is 5.75 Å². The minimum atomic E-state index is -3.53. The summed E-state index contributed by atoms with van der Waals surface area (Å²) in [7, 11) is -3.53. The first-order valence-corrected chi connectivity index (χ1v) is 12.8. The highest BCUT2D eigenvalue weighted by Gasteiger charge is 2.55. The predicted octanol–water partition coefficient (Wildman–Crippen LogP) is 4.37. The Morgan fingerprint density at radius 2 is 1.62 bits per heavy atom. The number of amides is 1. The average Bonchev–Trinajstić information content (AvgIpc) is 2.64. The molecule has 5 rings (SSSR count). The van der Waals surface area contributed by atoms with Crippen molar-refractivity contribution in [3.63, 3.8) is 0 Å². The SMILES string of the molecule is CC[C@H](C)N(Cc1ccc(OS(C)(=O)=O)cc1)C(=O)C12CC3CC(CC(C3)C1)C2. The third kappa shape index (κ3) is 4.32. The summed E-state index contributed by atoms with van der Waals surface area (Å²) in [6.45, 7) is 4.84. The second kappa shape index (κ2) is 7.60. The van der Waals surface area contributed by atoms with Crippen LogP contribution in [0.15, 0.2) is 24.3 Å². The Hall–Kier alpha value is -1.56. The van der Waals surface area contributed by atoms with Gasteiger partial charge in [-0.25, -0.2) is 0 Å². The largest absolute Gasteiger partial charge is 0.383 e. The van der Waals surface area contributed by atoms with Crippen molar-refractivity contribution >= 4 is 16.0 Å². The van der Waals surface area contributed by atoms with E-state index in [2.05, 4.69) is 18.7 Å². The van der Waals surface area contributed by atoms with Gasteiger partial charge < -0.3 is 9.08 Å². The molecule has 1 amide bonds. The fourth-order valence-electron chi connectivity index (χ4n) is 6.35. The summed E-state index contributed by atoms with van der Waals surface area (Å²) in [5.41, 5.74) is 0.863. The first-order chi connectivity index (χ1) is 13.7. The van der Waals surface area contributed by atoms with Gasteiger partial charge in [0.25, 0.3) is 0 Å². The van der Waals surface area contributed by atoms with Crippen LogP contribution < -0.4 is 4.18 Å². The molecule has 4 aliphatic rings. The minimum Gasteiger partial charge on any atom is -0.383 e. The van der Waals surface area contributed by atoms with E-state index < -0.39 is 10.1 Å². The summed E-state index contributed by atoms with van der Waals surface area (Å²) < 4.78 is 27.6. The van der Waals surface area contributed by atoms with E-state index in [4.69, 9.17) is 4.18 Å². The normalized spacial score (nSPS) is 31.5. The molecule has 160 valence electrons. The van der Waals surface area contributed by atoms with Crippen molar-refractivity contribution in [3.05, 3.63) is 29.8 Å². The van der Waals surface area contributed by atoms with Crippen molar-refractivity contribution in [1.82, 2.24) is 4.90 Å². The Morgan fingerprint density at radius 1 is 1.10 bits per heavy atom. The Kier molecular flexibility index (Phi) is 5.43. The average molecular weight is 420 g/mol. The van der Waals surface area contributed by atoms with E-state index in [1.807, 2.05) is 12.1 Å². The number of nitrogens with zero attached hydrogens (tertiary/aromatic N) is 1. The Morgan fingerprint density at radius 3 is 2.07 bits per heavy atom. The summed E-state index contributed by atoms with van der Waals surface area (Å²) >= 11 is 0. The van der Waals surface area contributed by atoms with Crippen LogP contribution in [0.1, 0.15) is 64.4 Å². The number of hydrogen-bond donors (Lipinski definition) is 0. The summed E-state index contributed by atoms with van der Waals surface area (Å²) in [5, 5.41) is 0. The molecule has 0 unspecified atom stereocenters. The first-order valence-electron chi connectivity index (χ1n) is 11.0. The van der Waals surface area contributed by atoms with Gasteiger partial charge in [-0.2, -0.15) is 8.42 Å². The number of carbonyl (C=O) groups excluding carboxylic acids is 1. The number of carbonyl (C=O) groups is 1. The number of rotatable bonds is 7. The molecule has 0 aromatic heterocycles. The molecule has 6 heteroatoms. The van der Waals surface area contributed by atoms with Gasteiger partial charge in [0.05, 0.1) is 11.7 Å². The second-order valence-electron chi connectivity index (χ2n) is 9.82. The van der Waals surface area contributed by atoms with Crippen LogP contribution in [0.25, 0.3) is 0 Å². The third-order valence-corrected chi connectivity index (χ3v) is 7.89. The maximum atomic E-state index is 13.9. The Balaban J connectivity index is 1.53. The molecule has 0 radical (unpaired) electrons. The quantitative estimate of drug-likeness (QED) is 0.616. The summed E-state index contributed by atoms with van der Waals surface area (Å²) in [6.07, 6.45) is 9.18. The molecule has 0 aliphatic heterocycles. The zero-order valence-electron chi connectivity index (χ0n) is 17.8. The lowest BCUT2D eigenvalue weighted by molar-refractivity contribution is -0.160. The molecule has 4 aliphatic carbocycles. The van der Waals surface area contributed by atoms with Crippen molar-refractivity contribution in [2.75, 3.05) is 6.26 Å². The Bertz CT molecular complexity index is 826. The van der Waals surface area contributed by atoms with E-state index in [1.165, 1.54) is 19.3 Å². The van der Waals surface area contributed by atoms with Gasteiger partial charge in [-0.1, -0.05) is 19.1 Å². The van der Waals surface area contributed by atoms with Crippen LogP contribution in [0.4, 0.5) is 0 Å². The van der Waals surface area contributed by atoms with Crippen molar-refractivity contribution in [1.29, 1.82) is 0 Å². The summed E-state index contributed by atoms with van der Waals surface area (Å²) in [5.74, 6) is 2.89. The van der Waals surface area contributed by atoms with Gasteiger partial charge >= 0.3 is 10.1 Å². The van der Waals surface area contributed by atoms with Gasteiger partial charge in [-0.3, -0.25) is 4.79 Å². The minimum absolute atomic E-state index is 0.141. The van der Waals surface area contributed by atoms with Crippen LogP contribution in [0.5, 0.6) is 5.75 Å². The molecule has 4 fully saturated rings. The second-order valence-corrected chi connectivity index (χ2v) is 11.4. The maximum absolute atomic E-state index is 13.9. The van der Waals surface area contributed by atoms with Crippen LogP contribution in [-0.2, 0) is 21.5 Å². The molecular formula is C23H33NO4S. The lowest BCUT2D eigenvalue weighted by atomic mass is 9.49. The first kappa shape index (κ1) is 20.7. The molecule has 5 nitrogen and oxygen atoms in total. The van der Waals surface area contributed by atoms with E-state index in [-0.39, 0.29) is 11.5 Å². The van der Waals surface area contributed by atoms with Crippen molar-refractivity contribution in [2.24, 2.45) is 23.2 Å². The van der Waals surface area contributed by atoms with Crippen LogP contribution in [0.3, 0.4) is 0 Å². The van der Waals surface area contributed by atoms with Crippen LogP contribution >= 0.6 is 0 Å². The molecule has 1 atom stereocenters. The highest BCUT2D eigenvalue weighted by molar-refractivity contribution is 7.86. The standard InChI is InChI=1S/C23H33NO4S/c1-4-16(2)24(15-17-5-7-21(8-6-17)28-29(3,26)27)22(25)23-12-18-9-19(13-23)11-20(10-18)14-23/h5-8,16,18-20H,4,9-15H2,1-3H3/t16-,18?,19?,20?,23?/m0/s1. The topological polar surface area (TPSA) is 63.7 Å². The predicted molar refractivity (Wildman–Crippen MR) is 113 cm³/mol. The molecule has 1 aromatic carbocycles. The smallest absolute Gasteiger partial charge is 0.306 e. The van der Waals surface area contributed by atoms with Crippen LogP contribution in [-0.4, -0.2) is 31.5 Å². The molecule has 4 bridgehead atoms. The van der Waals surface area contributed by atoms with Gasteiger partial charge in [0.2, 0.25) is 5.91 Å². The van der Waals surface area contributed by atoms with E-state index in [0.29, 0.717) is 18.2 Å². The fraction of sp³-hybridized carbons (Fsp3) is 0.696. The van der Waals surface area contributed by atoms with Crippen LogP contribution in [0.2, 0.25) is 0 Å². The number of benzene rings is 1. The fourth-order valence-corrected chi connectivity index (χ4v) is 6.81. The molecule has 0 N–H and O–H groups in total. The lowest BCUT2D eigenvalue weighted by Gasteiger charge is -2.57. The lowest BCUT2D eigenvalue weighted by Crippen LogP contribution is -2.55. The molecular weight excluding hydrogens is 386 g/mol. The molecule has 0 heterocycles.